The van der Waals surface area contributed by atoms with Crippen LogP contribution in [0, 0.1) is 23.5 Å². The lowest BCUT2D eigenvalue weighted by atomic mass is 9.77. The van der Waals surface area contributed by atoms with Gasteiger partial charge in [0.05, 0.1) is 12.3 Å². The highest BCUT2D eigenvalue weighted by Crippen LogP contribution is 2.35. The van der Waals surface area contributed by atoms with Crippen LogP contribution in [-0.2, 0) is 6.42 Å². The first-order chi connectivity index (χ1) is 17.1. The highest BCUT2D eigenvalue weighted by molar-refractivity contribution is 5.60. The van der Waals surface area contributed by atoms with Gasteiger partial charge in [-0.3, -0.25) is 0 Å². The highest BCUT2D eigenvalue weighted by atomic mass is 19.2. The normalized spacial score (nSPS) is 18.1. The van der Waals surface area contributed by atoms with Crippen LogP contribution < -0.4 is 4.74 Å². The van der Waals surface area contributed by atoms with Crippen LogP contribution in [0.4, 0.5) is 8.78 Å². The summed E-state index contributed by atoms with van der Waals surface area (Å²) in [5, 5.41) is 8.08. The molecule has 0 N–H and O–H groups in total. The molecule has 35 heavy (non-hydrogen) atoms. The van der Waals surface area contributed by atoms with E-state index in [2.05, 4.69) is 24.0 Å². The van der Waals surface area contributed by atoms with Gasteiger partial charge in [-0.1, -0.05) is 97.0 Å². The number of aromatic nitrogens is 2. The molecule has 0 spiro atoms. The highest BCUT2D eigenvalue weighted by Gasteiger charge is 2.22. The van der Waals surface area contributed by atoms with Crippen molar-refractivity contribution in [2.24, 2.45) is 11.8 Å². The van der Waals surface area contributed by atoms with E-state index in [9.17, 15) is 8.78 Å². The van der Waals surface area contributed by atoms with Crippen LogP contribution in [0.1, 0.15) is 109 Å². The number of nitrogens with zero attached hydrogens (tertiary/aromatic N) is 2. The van der Waals surface area contributed by atoms with Crippen molar-refractivity contribution in [3.63, 3.8) is 0 Å². The minimum Gasteiger partial charge on any atom is -0.477 e. The van der Waals surface area contributed by atoms with E-state index < -0.39 is 11.6 Å². The van der Waals surface area contributed by atoms with Crippen molar-refractivity contribution in [3.8, 4) is 17.1 Å². The Morgan fingerprint density at radius 3 is 2.11 bits per heavy atom. The summed E-state index contributed by atoms with van der Waals surface area (Å²) in [6.45, 7) is 4.98. The fourth-order valence-corrected chi connectivity index (χ4v) is 5.25. The van der Waals surface area contributed by atoms with Crippen LogP contribution in [0.2, 0.25) is 0 Å². The third kappa shape index (κ3) is 8.84. The molecule has 0 aliphatic heterocycles. The van der Waals surface area contributed by atoms with Gasteiger partial charge < -0.3 is 4.74 Å². The summed E-state index contributed by atoms with van der Waals surface area (Å²) < 4.78 is 35.3. The minimum atomic E-state index is -0.833. The molecule has 0 radical (unpaired) electrons. The lowest BCUT2D eigenvalue weighted by Gasteiger charge is -2.28. The molecule has 0 saturated heterocycles. The molecule has 0 amide bonds. The van der Waals surface area contributed by atoms with E-state index in [0.29, 0.717) is 36.1 Å². The van der Waals surface area contributed by atoms with E-state index in [1.165, 1.54) is 64.2 Å². The molecule has 1 saturated carbocycles. The van der Waals surface area contributed by atoms with Gasteiger partial charge in [-0.25, -0.2) is 8.78 Å². The van der Waals surface area contributed by atoms with Crippen molar-refractivity contribution >= 4 is 0 Å². The molecule has 3 rings (SSSR count). The van der Waals surface area contributed by atoms with Crippen LogP contribution in [0.3, 0.4) is 0 Å². The quantitative estimate of drug-likeness (QED) is 0.235. The maximum atomic E-state index is 14.9. The molecule has 0 bridgehead atoms. The van der Waals surface area contributed by atoms with Gasteiger partial charge in [-0.15, -0.1) is 10.2 Å². The van der Waals surface area contributed by atoms with Crippen molar-refractivity contribution in [1.29, 1.82) is 0 Å². The summed E-state index contributed by atoms with van der Waals surface area (Å²) in [5.41, 5.74) is 0.936. The van der Waals surface area contributed by atoms with Gasteiger partial charge in [0.2, 0.25) is 5.88 Å². The van der Waals surface area contributed by atoms with Crippen LogP contribution >= 0.6 is 0 Å². The average Bonchev–Trinajstić information content (AvgIpc) is 2.89. The third-order valence-corrected chi connectivity index (χ3v) is 7.58. The Morgan fingerprint density at radius 2 is 1.43 bits per heavy atom. The molecule has 1 fully saturated rings. The molecule has 2 aromatic rings. The summed E-state index contributed by atoms with van der Waals surface area (Å²) >= 11 is 0. The Hall–Kier alpha value is -2.04. The molecule has 1 aromatic heterocycles. The molecule has 3 nitrogen and oxygen atoms in total. The summed E-state index contributed by atoms with van der Waals surface area (Å²) in [5.74, 6) is 0.332. The van der Waals surface area contributed by atoms with Crippen molar-refractivity contribution in [1.82, 2.24) is 10.2 Å². The second kappa shape index (κ2) is 15.2. The zero-order chi connectivity index (χ0) is 24.9. The molecule has 1 aliphatic carbocycles. The smallest absolute Gasteiger partial charge is 0.233 e. The van der Waals surface area contributed by atoms with Gasteiger partial charge in [0.25, 0.3) is 0 Å². The predicted octanol–water partition coefficient (Wildman–Crippen LogP) is 9.09. The predicted molar refractivity (Wildman–Crippen MR) is 140 cm³/mol. The topological polar surface area (TPSA) is 35.0 Å². The number of hydrogen-bond acceptors (Lipinski definition) is 3. The maximum Gasteiger partial charge on any atom is 0.233 e. The van der Waals surface area contributed by atoms with Crippen LogP contribution in [0.25, 0.3) is 11.3 Å². The van der Waals surface area contributed by atoms with E-state index in [0.717, 1.165) is 31.6 Å². The molecule has 1 aromatic carbocycles. The number of halogens is 2. The number of ether oxygens (including phenoxy) is 1. The average molecular weight is 487 g/mol. The van der Waals surface area contributed by atoms with E-state index >= 15 is 0 Å². The molecule has 1 heterocycles. The molecule has 1 aliphatic rings. The number of benzene rings is 1. The fourth-order valence-electron chi connectivity index (χ4n) is 5.25. The summed E-state index contributed by atoms with van der Waals surface area (Å²) in [6.07, 6.45) is 17.9. The zero-order valence-electron chi connectivity index (χ0n) is 21.8. The molecule has 5 heteroatoms. The number of aryl methyl sites for hydroxylation is 1. The number of rotatable bonds is 15. The Morgan fingerprint density at radius 1 is 0.743 bits per heavy atom. The molecule has 0 atom stereocenters. The van der Waals surface area contributed by atoms with Crippen molar-refractivity contribution in [3.05, 3.63) is 41.5 Å². The van der Waals surface area contributed by atoms with Crippen molar-refractivity contribution in [2.75, 3.05) is 6.61 Å². The largest absolute Gasteiger partial charge is 0.477 e. The minimum absolute atomic E-state index is 0.149. The summed E-state index contributed by atoms with van der Waals surface area (Å²) in [4.78, 5) is 0. The molecule has 0 unspecified atom stereocenters. The van der Waals surface area contributed by atoms with E-state index in [1.807, 2.05) is 0 Å². The summed E-state index contributed by atoms with van der Waals surface area (Å²) in [6, 6.07) is 6.66. The second-order valence-electron chi connectivity index (χ2n) is 10.3. The maximum absolute atomic E-state index is 14.9. The Bertz CT molecular complexity index is 863. The van der Waals surface area contributed by atoms with Gasteiger partial charge in [0, 0.05) is 11.6 Å². The van der Waals surface area contributed by atoms with Crippen LogP contribution in [0.15, 0.2) is 24.3 Å². The van der Waals surface area contributed by atoms with Crippen molar-refractivity contribution < 1.29 is 13.5 Å². The van der Waals surface area contributed by atoms with Crippen molar-refractivity contribution in [2.45, 2.75) is 110 Å². The SMILES string of the molecule is CCCCCCCC1CCC(CCc2ccc(-c3ccc(OCCCCC)nn3)c(F)c2F)CC1. The Labute approximate surface area is 211 Å². The van der Waals surface area contributed by atoms with Crippen LogP contribution in [0.5, 0.6) is 5.88 Å². The monoisotopic (exact) mass is 486 g/mol. The van der Waals surface area contributed by atoms with Gasteiger partial charge in [-0.05, 0) is 48.8 Å². The Balaban J connectivity index is 1.45. The van der Waals surface area contributed by atoms with E-state index in [-0.39, 0.29) is 5.56 Å². The number of hydrogen-bond donors (Lipinski definition) is 0. The lowest BCUT2D eigenvalue weighted by Crippen LogP contribution is -2.15. The fraction of sp³-hybridized carbons (Fsp3) is 0.667. The third-order valence-electron chi connectivity index (χ3n) is 7.58. The Kier molecular flexibility index (Phi) is 11.9. The van der Waals surface area contributed by atoms with E-state index in [4.69, 9.17) is 4.74 Å². The van der Waals surface area contributed by atoms with Crippen LogP contribution in [-0.4, -0.2) is 16.8 Å². The van der Waals surface area contributed by atoms with Gasteiger partial charge in [-0.2, -0.15) is 0 Å². The first kappa shape index (κ1) is 27.5. The molecular weight excluding hydrogens is 442 g/mol. The van der Waals surface area contributed by atoms with Gasteiger partial charge in [0.1, 0.15) is 0 Å². The standard InChI is InChI=1S/C30H44F2N2O/c1-3-5-7-8-9-11-23-12-14-24(15-13-23)16-17-25-18-19-26(30(32)29(25)31)27-20-21-28(34-33-27)35-22-10-6-4-2/h18-21,23-24H,3-17,22H2,1-2H3. The zero-order valence-corrected chi connectivity index (χ0v) is 21.8. The van der Waals surface area contributed by atoms with E-state index in [1.54, 1.807) is 24.3 Å². The first-order valence-corrected chi connectivity index (χ1v) is 14.1. The van der Waals surface area contributed by atoms with Gasteiger partial charge >= 0.3 is 0 Å². The second-order valence-corrected chi connectivity index (χ2v) is 10.3. The lowest BCUT2D eigenvalue weighted by molar-refractivity contribution is 0.248. The summed E-state index contributed by atoms with van der Waals surface area (Å²) in [7, 11) is 0. The first-order valence-electron chi connectivity index (χ1n) is 14.1. The van der Waals surface area contributed by atoms with Gasteiger partial charge in [0.15, 0.2) is 11.6 Å². The number of unbranched alkanes of at least 4 members (excludes halogenated alkanes) is 6. The molecular formula is C30H44F2N2O. The molecule has 194 valence electrons.